The molecule has 1 saturated heterocycles. The predicted octanol–water partition coefficient (Wildman–Crippen LogP) is 5.89. The van der Waals surface area contributed by atoms with Gasteiger partial charge in [-0.1, -0.05) is 62.2 Å². The fourth-order valence-corrected chi connectivity index (χ4v) is 6.11. The van der Waals surface area contributed by atoms with Crippen molar-refractivity contribution in [1.82, 2.24) is 9.21 Å². The highest BCUT2D eigenvalue weighted by atomic mass is 32.2. The Morgan fingerprint density at radius 1 is 0.789 bits per heavy atom. The van der Waals surface area contributed by atoms with Crippen LogP contribution in [0.1, 0.15) is 49.4 Å². The van der Waals surface area contributed by atoms with E-state index in [1.807, 2.05) is 66.7 Å². The molecular weight excluding hydrogens is 496 g/mol. The maximum absolute atomic E-state index is 13.2. The molecule has 6 nitrogen and oxygen atoms in total. The Kier molecular flexibility index (Phi) is 10.1. The average Bonchev–Trinajstić information content (AvgIpc) is 2.96. The van der Waals surface area contributed by atoms with Crippen LogP contribution >= 0.6 is 0 Å². The molecule has 1 aliphatic heterocycles. The van der Waals surface area contributed by atoms with Gasteiger partial charge in [0.15, 0.2) is 5.78 Å². The molecular formula is C31H38N2O4S. The summed E-state index contributed by atoms with van der Waals surface area (Å²) in [5.74, 6) is 0.958. The quantitative estimate of drug-likeness (QED) is 0.202. The van der Waals surface area contributed by atoms with E-state index in [1.165, 1.54) is 0 Å². The number of unbranched alkanes of at least 4 members (excludes halogenated alkanes) is 2. The lowest BCUT2D eigenvalue weighted by molar-refractivity contribution is 0.0979. The SMILES string of the molecule is CCCCCC(=O)c1ccc(OCCCN2CCN(S(=O)(=O)c3ccc(-c4ccccc4)cc3)CC2)cc1. The number of hydrogen-bond donors (Lipinski definition) is 0. The van der Waals surface area contributed by atoms with Crippen molar-refractivity contribution in [3.8, 4) is 16.9 Å². The topological polar surface area (TPSA) is 66.9 Å². The second-order valence-corrected chi connectivity index (χ2v) is 11.7. The monoisotopic (exact) mass is 534 g/mol. The van der Waals surface area contributed by atoms with Crippen LogP contribution < -0.4 is 4.74 Å². The Morgan fingerprint density at radius 3 is 2.11 bits per heavy atom. The Bertz CT molecular complexity index is 1250. The summed E-state index contributed by atoms with van der Waals surface area (Å²) in [6.07, 6.45) is 4.59. The van der Waals surface area contributed by atoms with Gasteiger partial charge < -0.3 is 9.64 Å². The van der Waals surface area contributed by atoms with E-state index in [0.29, 0.717) is 44.1 Å². The average molecular weight is 535 g/mol. The summed E-state index contributed by atoms with van der Waals surface area (Å²) >= 11 is 0. The first-order valence-corrected chi connectivity index (χ1v) is 15.1. The van der Waals surface area contributed by atoms with E-state index in [-0.39, 0.29) is 5.78 Å². The van der Waals surface area contributed by atoms with Gasteiger partial charge in [-0.25, -0.2) is 8.42 Å². The van der Waals surface area contributed by atoms with Crippen LogP contribution in [0.15, 0.2) is 83.8 Å². The first-order valence-electron chi connectivity index (χ1n) is 13.6. The molecule has 0 unspecified atom stereocenters. The van der Waals surface area contributed by atoms with Crippen LogP contribution in [0.2, 0.25) is 0 Å². The van der Waals surface area contributed by atoms with Crippen molar-refractivity contribution >= 4 is 15.8 Å². The second-order valence-electron chi connectivity index (χ2n) is 9.74. The minimum absolute atomic E-state index is 0.190. The molecule has 0 spiro atoms. The summed E-state index contributed by atoms with van der Waals surface area (Å²) in [5.41, 5.74) is 2.82. The lowest BCUT2D eigenvalue weighted by Gasteiger charge is -2.34. The second kappa shape index (κ2) is 13.7. The van der Waals surface area contributed by atoms with Crippen LogP contribution in [0.5, 0.6) is 5.75 Å². The summed E-state index contributed by atoms with van der Waals surface area (Å²) in [7, 11) is -3.50. The maximum atomic E-state index is 13.2. The number of piperazine rings is 1. The molecule has 1 heterocycles. The van der Waals surface area contributed by atoms with E-state index in [2.05, 4.69) is 11.8 Å². The summed E-state index contributed by atoms with van der Waals surface area (Å²) in [5, 5.41) is 0. The number of ether oxygens (including phenoxy) is 1. The molecule has 1 fully saturated rings. The molecule has 4 rings (SSSR count). The van der Waals surface area contributed by atoms with Crippen LogP contribution in [0, 0.1) is 0 Å². The molecule has 3 aromatic rings. The minimum atomic E-state index is -3.50. The maximum Gasteiger partial charge on any atom is 0.243 e. The Hall–Kier alpha value is -3.00. The van der Waals surface area contributed by atoms with Gasteiger partial charge in [-0.05, 0) is 60.4 Å². The number of hydrogen-bond acceptors (Lipinski definition) is 5. The van der Waals surface area contributed by atoms with Crippen molar-refractivity contribution in [1.29, 1.82) is 0 Å². The van der Waals surface area contributed by atoms with Gasteiger partial charge in [0.2, 0.25) is 10.0 Å². The van der Waals surface area contributed by atoms with Gasteiger partial charge in [-0.3, -0.25) is 4.79 Å². The summed E-state index contributed by atoms with van der Waals surface area (Å²) in [6, 6.07) is 24.5. The molecule has 7 heteroatoms. The minimum Gasteiger partial charge on any atom is -0.494 e. The Balaban J connectivity index is 1.18. The number of ketones is 1. The molecule has 0 saturated carbocycles. The number of sulfonamides is 1. The normalized spacial score (nSPS) is 14.9. The van der Waals surface area contributed by atoms with Crippen LogP contribution in [0.25, 0.3) is 11.1 Å². The van der Waals surface area contributed by atoms with E-state index in [0.717, 1.165) is 54.7 Å². The fourth-order valence-electron chi connectivity index (χ4n) is 4.69. The van der Waals surface area contributed by atoms with E-state index >= 15 is 0 Å². The molecule has 38 heavy (non-hydrogen) atoms. The first-order chi connectivity index (χ1) is 18.5. The van der Waals surface area contributed by atoms with Crippen LogP contribution in [-0.2, 0) is 10.0 Å². The fraction of sp³-hybridized carbons (Fsp3) is 0.387. The summed E-state index contributed by atoms with van der Waals surface area (Å²) in [6.45, 7) is 5.94. The third-order valence-electron chi connectivity index (χ3n) is 7.00. The molecule has 0 N–H and O–H groups in total. The third kappa shape index (κ3) is 7.53. The van der Waals surface area contributed by atoms with Crippen molar-refractivity contribution in [2.45, 2.75) is 43.9 Å². The van der Waals surface area contributed by atoms with Crippen molar-refractivity contribution < 1.29 is 17.9 Å². The molecule has 0 aromatic heterocycles. The first kappa shape index (κ1) is 28.0. The molecule has 0 radical (unpaired) electrons. The van der Waals surface area contributed by atoms with Crippen molar-refractivity contribution in [3.63, 3.8) is 0 Å². The van der Waals surface area contributed by atoms with Crippen LogP contribution in [-0.4, -0.2) is 62.7 Å². The summed E-state index contributed by atoms with van der Waals surface area (Å²) < 4.78 is 33.8. The highest BCUT2D eigenvalue weighted by Gasteiger charge is 2.28. The number of nitrogens with zero attached hydrogens (tertiary/aromatic N) is 2. The molecule has 0 aliphatic carbocycles. The summed E-state index contributed by atoms with van der Waals surface area (Å²) in [4.78, 5) is 14.8. The highest BCUT2D eigenvalue weighted by Crippen LogP contribution is 2.23. The lowest BCUT2D eigenvalue weighted by atomic mass is 10.0. The molecule has 1 aliphatic rings. The van der Waals surface area contributed by atoms with Gasteiger partial charge in [0.1, 0.15) is 5.75 Å². The number of Topliss-reactive ketones (excluding diaryl/α,β-unsaturated/α-hetero) is 1. The van der Waals surface area contributed by atoms with Gasteiger partial charge in [-0.2, -0.15) is 4.31 Å². The Morgan fingerprint density at radius 2 is 1.45 bits per heavy atom. The van der Waals surface area contributed by atoms with E-state index < -0.39 is 10.0 Å². The number of carbonyl (C=O) groups excluding carboxylic acids is 1. The zero-order chi connectivity index (χ0) is 26.8. The van der Waals surface area contributed by atoms with E-state index in [4.69, 9.17) is 4.74 Å². The lowest BCUT2D eigenvalue weighted by Crippen LogP contribution is -2.48. The van der Waals surface area contributed by atoms with Crippen LogP contribution in [0.3, 0.4) is 0 Å². The zero-order valence-electron chi connectivity index (χ0n) is 22.2. The van der Waals surface area contributed by atoms with Crippen molar-refractivity contribution in [3.05, 3.63) is 84.4 Å². The highest BCUT2D eigenvalue weighted by molar-refractivity contribution is 7.89. The zero-order valence-corrected chi connectivity index (χ0v) is 23.0. The number of carbonyl (C=O) groups is 1. The van der Waals surface area contributed by atoms with E-state index in [1.54, 1.807) is 16.4 Å². The smallest absolute Gasteiger partial charge is 0.243 e. The van der Waals surface area contributed by atoms with Crippen molar-refractivity contribution in [2.75, 3.05) is 39.3 Å². The van der Waals surface area contributed by atoms with Gasteiger partial charge in [-0.15, -0.1) is 0 Å². The van der Waals surface area contributed by atoms with Gasteiger partial charge in [0.05, 0.1) is 11.5 Å². The predicted molar refractivity (Wildman–Crippen MR) is 152 cm³/mol. The molecule has 0 amide bonds. The molecule has 3 aromatic carbocycles. The standard InChI is InChI=1S/C31H38N2O4S/c1-2-3-5-11-31(34)28-12-16-29(17-13-28)37-25-8-20-32-21-23-33(24-22-32)38(35,36)30-18-14-27(15-19-30)26-9-6-4-7-10-26/h4,6-7,9-10,12-19H,2-3,5,8,11,20-25H2,1H3. The van der Waals surface area contributed by atoms with E-state index in [9.17, 15) is 13.2 Å². The molecule has 0 atom stereocenters. The largest absolute Gasteiger partial charge is 0.494 e. The molecule has 202 valence electrons. The van der Waals surface area contributed by atoms with Gasteiger partial charge >= 0.3 is 0 Å². The molecule has 0 bridgehead atoms. The van der Waals surface area contributed by atoms with Crippen LogP contribution in [0.4, 0.5) is 0 Å². The number of benzene rings is 3. The third-order valence-corrected chi connectivity index (χ3v) is 8.91. The number of rotatable bonds is 13. The van der Waals surface area contributed by atoms with Crippen molar-refractivity contribution in [2.24, 2.45) is 0 Å². The van der Waals surface area contributed by atoms with Gasteiger partial charge in [0.25, 0.3) is 0 Å². The van der Waals surface area contributed by atoms with Gasteiger partial charge in [0, 0.05) is 44.7 Å². The Labute approximate surface area is 227 Å².